The van der Waals surface area contributed by atoms with Gasteiger partial charge in [-0.05, 0) is 0 Å². The predicted octanol–water partition coefficient (Wildman–Crippen LogP) is 0.695. The number of rotatable bonds is 3. The molecule has 0 N–H and O–H groups in total. The lowest BCUT2D eigenvalue weighted by Crippen LogP contribution is -2.69. The van der Waals surface area contributed by atoms with Crippen molar-refractivity contribution in [3.8, 4) is 0 Å². The van der Waals surface area contributed by atoms with E-state index in [0.29, 0.717) is 0 Å². The molecule has 6 nitrogen and oxygen atoms in total. The van der Waals surface area contributed by atoms with Crippen molar-refractivity contribution >= 4 is 26.4 Å². The Hall–Kier alpha value is 0.411. The van der Waals surface area contributed by atoms with Crippen molar-refractivity contribution in [2.24, 2.45) is 0 Å². The summed E-state index contributed by atoms with van der Waals surface area (Å²) in [6.07, 6.45) is 0. The van der Waals surface area contributed by atoms with Crippen molar-refractivity contribution in [3.05, 3.63) is 0 Å². The minimum atomic E-state index is -2.67. The zero-order valence-electron chi connectivity index (χ0n) is 9.95. The van der Waals surface area contributed by atoms with Crippen LogP contribution in [0, 0.1) is 0 Å². The van der Waals surface area contributed by atoms with E-state index in [1.54, 1.807) is 21.3 Å². The molecule has 1 saturated heterocycles. The van der Waals surface area contributed by atoms with E-state index in [4.69, 9.17) is 25.6 Å². The van der Waals surface area contributed by atoms with Gasteiger partial charge in [0.2, 0.25) is 0 Å². The van der Waals surface area contributed by atoms with E-state index in [9.17, 15) is 0 Å². The van der Waals surface area contributed by atoms with Gasteiger partial charge in [-0.2, -0.15) is 0 Å². The molecular weight excluding hydrogens is 252 g/mol. The molecule has 1 heterocycles. The molecule has 0 spiro atoms. The Kier molecular flexibility index (Phi) is 3.91. The third-order valence-corrected chi connectivity index (χ3v) is 13.3. The average Bonchev–Trinajstić information content (AvgIpc) is 2.16. The van der Waals surface area contributed by atoms with E-state index in [2.05, 4.69) is 0 Å². The van der Waals surface area contributed by atoms with Crippen molar-refractivity contribution in [3.63, 3.8) is 0 Å². The first-order chi connectivity index (χ1) is 6.80. The molecule has 1 fully saturated rings. The van der Waals surface area contributed by atoms with Crippen LogP contribution in [0.3, 0.4) is 0 Å². The molecule has 90 valence electrons. The van der Waals surface area contributed by atoms with Gasteiger partial charge in [0.25, 0.3) is 0 Å². The lowest BCUT2D eigenvalue weighted by molar-refractivity contribution is 0.0470. The van der Waals surface area contributed by atoms with E-state index in [1.165, 1.54) is 0 Å². The number of hydrogen-bond acceptors (Lipinski definition) is 6. The summed E-state index contributed by atoms with van der Waals surface area (Å²) in [5.74, 6) is 0. The fourth-order valence-electron chi connectivity index (χ4n) is 1.32. The highest BCUT2D eigenvalue weighted by atomic mass is 28.5. The SMILES string of the molecule is CO[Si]1(C)O[Si](C)(OC)O[Si](C)(OC)O1. The third-order valence-electron chi connectivity index (χ3n) is 2.22. The van der Waals surface area contributed by atoms with E-state index in [1.807, 2.05) is 19.6 Å². The Balaban J connectivity index is 2.92. The van der Waals surface area contributed by atoms with Crippen LogP contribution in [0.25, 0.3) is 0 Å². The van der Waals surface area contributed by atoms with Crippen LogP contribution < -0.4 is 0 Å². The molecule has 1 rings (SSSR count). The van der Waals surface area contributed by atoms with Crippen LogP contribution in [0.1, 0.15) is 0 Å². The van der Waals surface area contributed by atoms with Crippen LogP contribution in [0.2, 0.25) is 19.6 Å². The van der Waals surface area contributed by atoms with Gasteiger partial charge >= 0.3 is 26.4 Å². The summed E-state index contributed by atoms with van der Waals surface area (Å²) < 4.78 is 33.0. The molecule has 0 radical (unpaired) electrons. The Morgan fingerprint density at radius 2 is 0.800 bits per heavy atom. The van der Waals surface area contributed by atoms with Gasteiger partial charge in [-0.25, -0.2) is 0 Å². The molecule has 0 aromatic carbocycles. The van der Waals surface area contributed by atoms with Gasteiger partial charge in [0, 0.05) is 41.0 Å². The maximum atomic E-state index is 5.70. The van der Waals surface area contributed by atoms with Gasteiger partial charge in [-0.15, -0.1) is 0 Å². The Bertz CT molecular complexity index is 193. The molecule has 1 aliphatic rings. The lowest BCUT2D eigenvalue weighted by Gasteiger charge is -2.45. The fourth-order valence-corrected chi connectivity index (χ4v) is 13.0. The van der Waals surface area contributed by atoms with Crippen molar-refractivity contribution in [1.82, 2.24) is 0 Å². The van der Waals surface area contributed by atoms with Crippen LogP contribution in [0.5, 0.6) is 0 Å². The molecule has 0 saturated carbocycles. The Morgan fingerprint density at radius 3 is 0.933 bits per heavy atom. The zero-order valence-corrected chi connectivity index (χ0v) is 12.9. The highest BCUT2D eigenvalue weighted by Gasteiger charge is 2.61. The largest absolute Gasteiger partial charge is 0.482 e. The second kappa shape index (κ2) is 4.35. The predicted molar refractivity (Wildman–Crippen MR) is 59.1 cm³/mol. The highest BCUT2D eigenvalue weighted by Crippen LogP contribution is 2.31. The molecule has 0 bridgehead atoms. The fraction of sp³-hybridized carbons (Fsp3) is 1.00. The van der Waals surface area contributed by atoms with Gasteiger partial charge in [0.1, 0.15) is 0 Å². The van der Waals surface area contributed by atoms with Crippen molar-refractivity contribution in [2.75, 3.05) is 21.3 Å². The quantitative estimate of drug-likeness (QED) is 0.704. The van der Waals surface area contributed by atoms with Gasteiger partial charge in [0.15, 0.2) is 0 Å². The first-order valence-corrected chi connectivity index (χ1v) is 11.2. The summed E-state index contributed by atoms with van der Waals surface area (Å²) in [6, 6.07) is 0. The molecule has 0 unspecified atom stereocenters. The molecule has 0 atom stereocenters. The maximum Gasteiger partial charge on any atom is 0.482 e. The lowest BCUT2D eigenvalue weighted by atomic mass is 11.8. The second-order valence-corrected chi connectivity index (χ2v) is 12.4. The van der Waals surface area contributed by atoms with Crippen LogP contribution in [-0.2, 0) is 25.6 Å². The standard InChI is InChI=1S/C6H18O6Si3/c1-7-13(4)10-14(5,8-2)12-15(6,9-3)11-13/h1-6H3. The minimum absolute atomic E-state index is 1.56. The maximum absolute atomic E-state index is 5.70. The first kappa shape index (κ1) is 13.5. The van der Waals surface area contributed by atoms with Gasteiger partial charge in [-0.1, -0.05) is 0 Å². The van der Waals surface area contributed by atoms with E-state index in [-0.39, 0.29) is 0 Å². The topological polar surface area (TPSA) is 55.4 Å². The molecule has 15 heavy (non-hydrogen) atoms. The van der Waals surface area contributed by atoms with E-state index >= 15 is 0 Å². The number of hydrogen-bond donors (Lipinski definition) is 0. The summed E-state index contributed by atoms with van der Waals surface area (Å²) in [6.45, 7) is 5.43. The van der Waals surface area contributed by atoms with Crippen molar-refractivity contribution < 1.29 is 25.6 Å². The smallest absolute Gasteiger partial charge is 0.378 e. The summed E-state index contributed by atoms with van der Waals surface area (Å²) in [5.41, 5.74) is 0. The molecule has 0 amide bonds. The summed E-state index contributed by atoms with van der Waals surface area (Å²) in [5, 5.41) is 0. The van der Waals surface area contributed by atoms with Crippen LogP contribution >= 0.6 is 0 Å². The van der Waals surface area contributed by atoms with Gasteiger partial charge in [0.05, 0.1) is 0 Å². The molecule has 0 aromatic heterocycles. The van der Waals surface area contributed by atoms with E-state index in [0.717, 1.165) is 0 Å². The van der Waals surface area contributed by atoms with Gasteiger partial charge in [-0.3, -0.25) is 0 Å². The molecule has 0 aromatic rings. The second-order valence-electron chi connectivity index (χ2n) is 3.51. The minimum Gasteiger partial charge on any atom is -0.378 e. The van der Waals surface area contributed by atoms with Gasteiger partial charge < -0.3 is 25.6 Å². The molecular formula is C6H18O6Si3. The summed E-state index contributed by atoms with van der Waals surface area (Å²) in [7, 11) is -3.34. The first-order valence-electron chi connectivity index (χ1n) is 4.56. The normalized spacial score (nSPS) is 46.8. The van der Waals surface area contributed by atoms with E-state index < -0.39 is 26.4 Å². The zero-order chi connectivity index (χ0) is 11.7. The van der Waals surface area contributed by atoms with Crippen LogP contribution in [0.15, 0.2) is 0 Å². The molecule has 9 heteroatoms. The third kappa shape index (κ3) is 2.95. The van der Waals surface area contributed by atoms with Crippen molar-refractivity contribution in [1.29, 1.82) is 0 Å². The summed E-state index contributed by atoms with van der Waals surface area (Å²) in [4.78, 5) is 0. The monoisotopic (exact) mass is 270 g/mol. The Morgan fingerprint density at radius 1 is 0.600 bits per heavy atom. The van der Waals surface area contributed by atoms with Crippen molar-refractivity contribution in [2.45, 2.75) is 19.6 Å². The summed E-state index contributed by atoms with van der Waals surface area (Å²) >= 11 is 0. The average molecular weight is 270 g/mol. The molecule has 0 aliphatic carbocycles. The molecule has 1 aliphatic heterocycles. The highest BCUT2D eigenvalue weighted by molar-refractivity contribution is 6.87. The van der Waals surface area contributed by atoms with Crippen LogP contribution in [0.4, 0.5) is 0 Å². The van der Waals surface area contributed by atoms with Crippen LogP contribution in [-0.4, -0.2) is 47.7 Å². The Labute approximate surface area is 93.5 Å².